The van der Waals surface area contributed by atoms with Crippen LogP contribution in [0.4, 0.5) is 4.39 Å². The van der Waals surface area contributed by atoms with Crippen molar-refractivity contribution in [2.75, 3.05) is 0 Å². The van der Waals surface area contributed by atoms with Crippen LogP contribution in [0.5, 0.6) is 0 Å². The first-order valence-corrected chi connectivity index (χ1v) is 6.19. The van der Waals surface area contributed by atoms with Gasteiger partial charge in [-0.2, -0.15) is 0 Å². The predicted molar refractivity (Wildman–Crippen MR) is 62.1 cm³/mol. The van der Waals surface area contributed by atoms with E-state index < -0.39 is 5.82 Å². The molecule has 2 unspecified atom stereocenters. The van der Waals surface area contributed by atoms with Crippen LogP contribution >= 0.6 is 11.6 Å². The lowest BCUT2D eigenvalue weighted by molar-refractivity contribution is 0.514. The summed E-state index contributed by atoms with van der Waals surface area (Å²) in [5.74, 6) is 1.36. The topological polar surface area (TPSA) is 25.8 Å². The highest BCUT2D eigenvalue weighted by Gasteiger charge is 2.27. The summed E-state index contributed by atoms with van der Waals surface area (Å²) in [4.78, 5) is 8.28. The van der Waals surface area contributed by atoms with E-state index in [0.717, 1.165) is 24.6 Å². The molecule has 1 aliphatic rings. The second kappa shape index (κ2) is 4.66. The van der Waals surface area contributed by atoms with Gasteiger partial charge in [0.15, 0.2) is 11.0 Å². The highest BCUT2D eigenvalue weighted by Crippen LogP contribution is 2.38. The van der Waals surface area contributed by atoms with Crippen LogP contribution < -0.4 is 0 Å². The second-order valence-corrected chi connectivity index (χ2v) is 4.91. The molecule has 4 heteroatoms. The molecule has 1 aromatic rings. The van der Waals surface area contributed by atoms with Crippen molar-refractivity contribution in [3.63, 3.8) is 0 Å². The van der Waals surface area contributed by atoms with Gasteiger partial charge in [0.05, 0.1) is 5.69 Å². The molecule has 1 saturated carbocycles. The first kappa shape index (κ1) is 11.8. The second-order valence-electron chi connectivity index (χ2n) is 4.56. The average Bonchev–Trinajstić information content (AvgIpc) is 2.73. The Bertz CT molecular complexity index is 372. The third kappa shape index (κ3) is 2.19. The van der Waals surface area contributed by atoms with Crippen LogP contribution in [-0.4, -0.2) is 9.97 Å². The molecule has 0 saturated heterocycles. The number of aryl methyl sites for hydroxylation is 1. The van der Waals surface area contributed by atoms with Gasteiger partial charge in [-0.3, -0.25) is 0 Å². The first-order valence-electron chi connectivity index (χ1n) is 5.81. The number of hydrogen-bond donors (Lipinski definition) is 0. The zero-order chi connectivity index (χ0) is 11.7. The standard InChI is InChI=1S/C12H16ClFN2/c1-3-8-4-5-9(6-8)12-15-7(2)10(14)11(13)16-12/h8-9H,3-6H2,1-2H3. The summed E-state index contributed by atoms with van der Waals surface area (Å²) >= 11 is 5.74. The maximum atomic E-state index is 13.3. The Morgan fingerprint density at radius 2 is 2.12 bits per heavy atom. The fourth-order valence-electron chi connectivity index (χ4n) is 2.41. The smallest absolute Gasteiger partial charge is 0.181 e. The van der Waals surface area contributed by atoms with Crippen molar-refractivity contribution >= 4 is 11.6 Å². The molecule has 2 rings (SSSR count). The molecule has 2 nitrogen and oxygen atoms in total. The van der Waals surface area contributed by atoms with Crippen LogP contribution in [0.25, 0.3) is 0 Å². The molecule has 2 atom stereocenters. The largest absolute Gasteiger partial charge is 0.235 e. The van der Waals surface area contributed by atoms with Gasteiger partial charge in [-0.25, -0.2) is 14.4 Å². The van der Waals surface area contributed by atoms with Crippen LogP contribution in [0.2, 0.25) is 5.15 Å². The van der Waals surface area contributed by atoms with Gasteiger partial charge in [0, 0.05) is 5.92 Å². The van der Waals surface area contributed by atoms with Crippen LogP contribution in [0, 0.1) is 18.7 Å². The molecule has 0 bridgehead atoms. The van der Waals surface area contributed by atoms with E-state index in [0.29, 0.717) is 11.6 Å². The Morgan fingerprint density at radius 3 is 2.69 bits per heavy atom. The molecule has 0 spiro atoms. The van der Waals surface area contributed by atoms with E-state index in [-0.39, 0.29) is 5.15 Å². The van der Waals surface area contributed by atoms with Crippen LogP contribution in [0.3, 0.4) is 0 Å². The monoisotopic (exact) mass is 242 g/mol. The Hall–Kier alpha value is -0.700. The highest BCUT2D eigenvalue weighted by atomic mass is 35.5. The number of rotatable bonds is 2. The van der Waals surface area contributed by atoms with E-state index in [9.17, 15) is 4.39 Å². The summed E-state index contributed by atoms with van der Waals surface area (Å²) in [5, 5.41) is -0.0394. The summed E-state index contributed by atoms with van der Waals surface area (Å²) in [6.45, 7) is 3.84. The predicted octanol–water partition coefficient (Wildman–Crippen LogP) is 3.87. The summed E-state index contributed by atoms with van der Waals surface area (Å²) < 4.78 is 13.3. The van der Waals surface area contributed by atoms with E-state index in [1.165, 1.54) is 12.8 Å². The van der Waals surface area contributed by atoms with E-state index in [2.05, 4.69) is 16.9 Å². The van der Waals surface area contributed by atoms with E-state index >= 15 is 0 Å². The van der Waals surface area contributed by atoms with Crippen molar-refractivity contribution in [2.45, 2.75) is 45.4 Å². The molecule has 0 aromatic carbocycles. The van der Waals surface area contributed by atoms with Crippen molar-refractivity contribution in [1.82, 2.24) is 9.97 Å². The molecular weight excluding hydrogens is 227 g/mol. The summed E-state index contributed by atoms with van der Waals surface area (Å²) in [7, 11) is 0. The average molecular weight is 243 g/mol. The molecule has 1 aromatic heterocycles. The Balaban J connectivity index is 2.22. The highest BCUT2D eigenvalue weighted by molar-refractivity contribution is 6.29. The molecule has 1 heterocycles. The van der Waals surface area contributed by atoms with Gasteiger partial charge in [-0.05, 0) is 32.1 Å². The van der Waals surface area contributed by atoms with E-state index in [4.69, 9.17) is 11.6 Å². The third-order valence-corrected chi connectivity index (χ3v) is 3.73. The van der Waals surface area contributed by atoms with Crippen LogP contribution in [-0.2, 0) is 0 Å². The molecule has 16 heavy (non-hydrogen) atoms. The molecular formula is C12H16ClFN2. The van der Waals surface area contributed by atoms with Crippen molar-refractivity contribution in [1.29, 1.82) is 0 Å². The maximum absolute atomic E-state index is 13.3. The molecule has 0 amide bonds. The fourth-order valence-corrected chi connectivity index (χ4v) is 2.63. The summed E-state index contributed by atoms with van der Waals surface area (Å²) in [5.41, 5.74) is 0.356. The zero-order valence-electron chi connectivity index (χ0n) is 9.63. The van der Waals surface area contributed by atoms with Gasteiger partial charge in [0.1, 0.15) is 5.82 Å². The van der Waals surface area contributed by atoms with Gasteiger partial charge in [-0.1, -0.05) is 24.9 Å². The zero-order valence-corrected chi connectivity index (χ0v) is 10.4. The summed E-state index contributed by atoms with van der Waals surface area (Å²) in [6, 6.07) is 0. The molecule has 0 N–H and O–H groups in total. The van der Waals surface area contributed by atoms with E-state index in [1.54, 1.807) is 6.92 Å². The van der Waals surface area contributed by atoms with Gasteiger partial charge in [0.25, 0.3) is 0 Å². The minimum Gasteiger partial charge on any atom is -0.235 e. The Morgan fingerprint density at radius 1 is 1.38 bits per heavy atom. The number of nitrogens with zero attached hydrogens (tertiary/aromatic N) is 2. The molecule has 0 aliphatic heterocycles. The van der Waals surface area contributed by atoms with Gasteiger partial charge < -0.3 is 0 Å². The van der Waals surface area contributed by atoms with Crippen molar-refractivity contribution in [3.8, 4) is 0 Å². The lowest BCUT2D eigenvalue weighted by atomic mass is 10.0. The third-order valence-electron chi connectivity index (χ3n) is 3.48. The van der Waals surface area contributed by atoms with E-state index in [1.807, 2.05) is 0 Å². The maximum Gasteiger partial charge on any atom is 0.181 e. The first-order chi connectivity index (χ1) is 7.61. The Kier molecular flexibility index (Phi) is 3.43. The van der Waals surface area contributed by atoms with Gasteiger partial charge in [-0.15, -0.1) is 0 Å². The summed E-state index contributed by atoms with van der Waals surface area (Å²) in [6.07, 6.45) is 4.63. The lowest BCUT2D eigenvalue weighted by Crippen LogP contribution is -2.05. The number of hydrogen-bond acceptors (Lipinski definition) is 2. The molecule has 88 valence electrons. The van der Waals surface area contributed by atoms with Crippen LogP contribution in [0.1, 0.15) is 50.0 Å². The quantitative estimate of drug-likeness (QED) is 0.736. The van der Waals surface area contributed by atoms with Crippen molar-refractivity contribution in [3.05, 3.63) is 22.5 Å². The minimum atomic E-state index is -0.490. The van der Waals surface area contributed by atoms with Gasteiger partial charge >= 0.3 is 0 Å². The van der Waals surface area contributed by atoms with Gasteiger partial charge in [0.2, 0.25) is 0 Å². The Labute approximate surface area is 100 Å². The molecule has 1 fully saturated rings. The number of halogens is 2. The normalized spacial score (nSPS) is 25.0. The fraction of sp³-hybridized carbons (Fsp3) is 0.667. The van der Waals surface area contributed by atoms with Crippen molar-refractivity contribution < 1.29 is 4.39 Å². The number of aromatic nitrogens is 2. The lowest BCUT2D eigenvalue weighted by Gasteiger charge is -2.10. The van der Waals surface area contributed by atoms with Crippen molar-refractivity contribution in [2.24, 2.45) is 5.92 Å². The molecule has 1 aliphatic carbocycles. The molecule has 0 radical (unpaired) electrons. The minimum absolute atomic E-state index is 0.0394. The SMILES string of the molecule is CCC1CCC(c2nc(C)c(F)c(Cl)n2)C1. The van der Waals surface area contributed by atoms with Crippen LogP contribution in [0.15, 0.2) is 0 Å².